The van der Waals surface area contributed by atoms with Crippen LogP contribution in [0.4, 0.5) is 5.69 Å². The molecule has 0 saturated carbocycles. The molecule has 2 amide bonds. The minimum Gasteiger partial charge on any atom is -0.493 e. The Bertz CT molecular complexity index is 665. The second kappa shape index (κ2) is 8.40. The Labute approximate surface area is 154 Å². The van der Waals surface area contributed by atoms with Crippen molar-refractivity contribution in [2.24, 2.45) is 5.92 Å². The zero-order valence-corrected chi connectivity index (χ0v) is 15.5. The molecule has 1 aromatic rings. The lowest BCUT2D eigenvalue weighted by molar-refractivity contribution is -0.119. The van der Waals surface area contributed by atoms with E-state index in [0.717, 1.165) is 45.3 Å². The molecule has 0 aliphatic carbocycles. The summed E-state index contributed by atoms with van der Waals surface area (Å²) in [7, 11) is 3.08. The molecule has 142 valence electrons. The molecule has 2 fully saturated rings. The molecule has 0 spiro atoms. The van der Waals surface area contributed by atoms with E-state index in [1.165, 1.54) is 14.2 Å². The number of hydrogen-bond donors (Lipinski definition) is 2. The van der Waals surface area contributed by atoms with Gasteiger partial charge in [0.15, 0.2) is 11.5 Å². The van der Waals surface area contributed by atoms with Gasteiger partial charge in [0.25, 0.3) is 5.91 Å². The number of likely N-dealkylation sites (tertiary alicyclic amines) is 1. The van der Waals surface area contributed by atoms with Crippen molar-refractivity contribution in [3.05, 3.63) is 17.7 Å². The van der Waals surface area contributed by atoms with E-state index >= 15 is 0 Å². The number of ether oxygens (including phenoxy) is 2. The molecule has 1 unspecified atom stereocenters. The van der Waals surface area contributed by atoms with Crippen molar-refractivity contribution in [1.29, 1.82) is 0 Å². The molecule has 2 aliphatic rings. The first kappa shape index (κ1) is 18.5. The number of methoxy groups -OCH3 is 2. The van der Waals surface area contributed by atoms with E-state index in [4.69, 9.17) is 9.47 Å². The lowest BCUT2D eigenvalue weighted by atomic mass is 10.0. The van der Waals surface area contributed by atoms with Crippen molar-refractivity contribution in [2.45, 2.75) is 25.7 Å². The van der Waals surface area contributed by atoms with Gasteiger partial charge in [0.1, 0.15) is 0 Å². The van der Waals surface area contributed by atoms with Crippen molar-refractivity contribution in [3.63, 3.8) is 0 Å². The minimum absolute atomic E-state index is 0.0742. The lowest BCUT2D eigenvalue weighted by Gasteiger charge is -2.28. The molecule has 2 N–H and O–H groups in total. The predicted molar refractivity (Wildman–Crippen MR) is 98.9 cm³/mol. The molecule has 0 aromatic heterocycles. The summed E-state index contributed by atoms with van der Waals surface area (Å²) in [4.78, 5) is 27.5. The van der Waals surface area contributed by atoms with Crippen molar-refractivity contribution >= 4 is 17.5 Å². The molecular weight excluding hydrogens is 334 g/mol. The Morgan fingerprint density at radius 1 is 1.12 bits per heavy atom. The number of piperidine rings is 1. The van der Waals surface area contributed by atoms with Crippen LogP contribution >= 0.6 is 0 Å². The predicted octanol–water partition coefficient (Wildman–Crippen LogP) is 1.88. The third-order valence-corrected chi connectivity index (χ3v) is 5.09. The summed E-state index contributed by atoms with van der Waals surface area (Å²) in [6.45, 7) is 2.98. The Hall–Kier alpha value is -2.28. The monoisotopic (exact) mass is 361 g/mol. The van der Waals surface area contributed by atoms with Crippen molar-refractivity contribution in [2.75, 3.05) is 45.7 Å². The fraction of sp³-hybridized carbons (Fsp3) is 0.579. The summed E-state index contributed by atoms with van der Waals surface area (Å²) in [5, 5.41) is 6.12. The van der Waals surface area contributed by atoms with E-state index in [2.05, 4.69) is 10.6 Å². The molecule has 2 heterocycles. The van der Waals surface area contributed by atoms with Crippen LogP contribution in [0.2, 0.25) is 0 Å². The van der Waals surface area contributed by atoms with Gasteiger partial charge in [-0.1, -0.05) is 0 Å². The Kier molecular flexibility index (Phi) is 5.98. The topological polar surface area (TPSA) is 79.9 Å². The summed E-state index contributed by atoms with van der Waals surface area (Å²) in [6.07, 6.45) is 3.96. The van der Waals surface area contributed by atoms with E-state index in [9.17, 15) is 9.59 Å². The van der Waals surface area contributed by atoms with Crippen LogP contribution in [0.3, 0.4) is 0 Å². The van der Waals surface area contributed by atoms with Crippen LogP contribution in [0, 0.1) is 5.92 Å². The number of nitrogens with zero attached hydrogens (tertiary/aromatic N) is 1. The van der Waals surface area contributed by atoms with Crippen molar-refractivity contribution in [3.8, 4) is 11.5 Å². The van der Waals surface area contributed by atoms with Crippen LogP contribution in [-0.4, -0.2) is 57.1 Å². The van der Waals surface area contributed by atoms with Crippen molar-refractivity contribution in [1.82, 2.24) is 10.2 Å². The first-order valence-corrected chi connectivity index (χ1v) is 9.21. The summed E-state index contributed by atoms with van der Waals surface area (Å²) in [6, 6.07) is 3.34. The van der Waals surface area contributed by atoms with Gasteiger partial charge < -0.3 is 25.0 Å². The summed E-state index contributed by atoms with van der Waals surface area (Å²) < 4.78 is 10.7. The summed E-state index contributed by atoms with van der Waals surface area (Å²) >= 11 is 0. The molecule has 7 nitrogen and oxygen atoms in total. The summed E-state index contributed by atoms with van der Waals surface area (Å²) in [5.41, 5.74) is 0.930. The number of carbonyl (C=O) groups is 2. The average molecular weight is 361 g/mol. The second-order valence-corrected chi connectivity index (χ2v) is 6.78. The largest absolute Gasteiger partial charge is 0.493 e. The van der Waals surface area contributed by atoms with Crippen LogP contribution in [0.5, 0.6) is 11.5 Å². The number of carbonyl (C=O) groups excluding carboxylic acids is 2. The van der Waals surface area contributed by atoms with Crippen LogP contribution < -0.4 is 20.1 Å². The standard InChI is InChI=1S/C19H27N3O4/c1-25-16-10-14(19(24)22-8-4-3-5-9-22)15(11-17(16)26-2)21-18(23)13-6-7-20-12-13/h10-11,13,20H,3-9,12H2,1-2H3,(H,21,23). The highest BCUT2D eigenvalue weighted by Crippen LogP contribution is 2.34. The molecule has 0 radical (unpaired) electrons. The maximum atomic E-state index is 13.1. The maximum absolute atomic E-state index is 13.1. The van der Waals surface area contributed by atoms with Gasteiger partial charge in [0, 0.05) is 25.7 Å². The number of rotatable bonds is 5. The fourth-order valence-electron chi connectivity index (χ4n) is 3.54. The van der Waals surface area contributed by atoms with Gasteiger partial charge in [-0.15, -0.1) is 0 Å². The Morgan fingerprint density at radius 2 is 1.81 bits per heavy atom. The number of benzene rings is 1. The zero-order chi connectivity index (χ0) is 18.5. The van der Waals surface area contributed by atoms with Gasteiger partial charge in [0.05, 0.1) is 31.4 Å². The van der Waals surface area contributed by atoms with E-state index in [-0.39, 0.29) is 17.7 Å². The number of hydrogen-bond acceptors (Lipinski definition) is 5. The maximum Gasteiger partial charge on any atom is 0.256 e. The SMILES string of the molecule is COc1cc(NC(=O)C2CCNC2)c(C(=O)N2CCCCC2)cc1OC. The van der Waals surface area contributed by atoms with E-state index in [0.29, 0.717) is 29.3 Å². The van der Waals surface area contributed by atoms with E-state index in [1.807, 2.05) is 4.90 Å². The molecule has 26 heavy (non-hydrogen) atoms. The highest BCUT2D eigenvalue weighted by Gasteiger charge is 2.27. The number of anilines is 1. The second-order valence-electron chi connectivity index (χ2n) is 6.78. The third kappa shape index (κ3) is 3.93. The van der Waals surface area contributed by atoms with E-state index < -0.39 is 0 Å². The summed E-state index contributed by atoms with van der Waals surface area (Å²) in [5.74, 6) is 0.734. The first-order chi connectivity index (χ1) is 12.6. The van der Waals surface area contributed by atoms with Gasteiger partial charge in [-0.2, -0.15) is 0 Å². The van der Waals surface area contributed by atoms with Gasteiger partial charge >= 0.3 is 0 Å². The van der Waals surface area contributed by atoms with Gasteiger partial charge in [0.2, 0.25) is 5.91 Å². The fourth-order valence-corrected chi connectivity index (χ4v) is 3.54. The molecule has 2 aliphatic heterocycles. The number of amides is 2. The van der Waals surface area contributed by atoms with Crippen LogP contribution in [-0.2, 0) is 4.79 Å². The molecule has 1 atom stereocenters. The van der Waals surface area contributed by atoms with Gasteiger partial charge in [-0.25, -0.2) is 0 Å². The van der Waals surface area contributed by atoms with Crippen LogP contribution in [0.15, 0.2) is 12.1 Å². The molecule has 7 heteroatoms. The normalized spacial score (nSPS) is 19.9. The molecule has 2 saturated heterocycles. The highest BCUT2D eigenvalue weighted by molar-refractivity contribution is 6.05. The minimum atomic E-state index is -0.0824. The number of nitrogens with one attached hydrogen (secondary N) is 2. The third-order valence-electron chi connectivity index (χ3n) is 5.09. The van der Waals surface area contributed by atoms with Gasteiger partial charge in [-0.3, -0.25) is 9.59 Å². The van der Waals surface area contributed by atoms with Crippen LogP contribution in [0.1, 0.15) is 36.0 Å². The molecular formula is C19H27N3O4. The molecule has 1 aromatic carbocycles. The first-order valence-electron chi connectivity index (χ1n) is 9.21. The lowest BCUT2D eigenvalue weighted by Crippen LogP contribution is -2.36. The van der Waals surface area contributed by atoms with Crippen LogP contribution in [0.25, 0.3) is 0 Å². The highest BCUT2D eigenvalue weighted by atomic mass is 16.5. The Balaban J connectivity index is 1.91. The van der Waals surface area contributed by atoms with Crippen molar-refractivity contribution < 1.29 is 19.1 Å². The van der Waals surface area contributed by atoms with Gasteiger partial charge in [-0.05, 0) is 38.3 Å². The molecule has 3 rings (SSSR count). The quantitative estimate of drug-likeness (QED) is 0.837. The zero-order valence-electron chi connectivity index (χ0n) is 15.5. The smallest absolute Gasteiger partial charge is 0.256 e. The Morgan fingerprint density at radius 3 is 2.42 bits per heavy atom. The average Bonchev–Trinajstić information content (AvgIpc) is 3.22. The molecule has 0 bridgehead atoms. The van der Waals surface area contributed by atoms with E-state index in [1.54, 1.807) is 12.1 Å².